The Morgan fingerprint density at radius 2 is 1.72 bits per heavy atom. The zero-order valence-corrected chi connectivity index (χ0v) is 13.7. The minimum atomic E-state index is -0.593. The number of anilines is 2. The molecule has 0 saturated carbocycles. The van der Waals surface area contributed by atoms with Crippen LogP contribution in [0.3, 0.4) is 0 Å². The monoisotopic (exact) mass is 341 g/mol. The molecule has 6 nitrogen and oxygen atoms in total. The molecular formula is C18H16FN3O3. The molecule has 0 bridgehead atoms. The standard InChI is InChI=1S/C18H16FN3O3/c1-24-16-8-7-15(9-17(16)25-2)22-18(23)12(10-20)11-21-14-5-3-13(19)4-6-14/h3-9,11,21H,1-2H3,(H,22,23)/b12-11-. The molecule has 0 aliphatic carbocycles. The molecule has 128 valence electrons. The summed E-state index contributed by atoms with van der Waals surface area (Å²) in [7, 11) is 2.99. The third-order valence-electron chi connectivity index (χ3n) is 3.23. The van der Waals surface area contributed by atoms with Gasteiger partial charge in [-0.1, -0.05) is 0 Å². The number of carbonyl (C=O) groups excluding carboxylic acids is 1. The van der Waals surface area contributed by atoms with Crippen molar-refractivity contribution < 1.29 is 18.7 Å². The first-order valence-electron chi connectivity index (χ1n) is 7.23. The van der Waals surface area contributed by atoms with Crippen LogP contribution in [0.25, 0.3) is 0 Å². The van der Waals surface area contributed by atoms with Crippen molar-refractivity contribution in [2.75, 3.05) is 24.9 Å². The van der Waals surface area contributed by atoms with Gasteiger partial charge >= 0.3 is 0 Å². The first-order valence-corrected chi connectivity index (χ1v) is 7.23. The Kier molecular flexibility index (Phi) is 5.96. The fourth-order valence-corrected chi connectivity index (χ4v) is 1.96. The molecule has 1 amide bonds. The molecule has 2 N–H and O–H groups in total. The maximum atomic E-state index is 12.9. The quantitative estimate of drug-likeness (QED) is 0.622. The van der Waals surface area contributed by atoms with Gasteiger partial charge in [-0.3, -0.25) is 4.79 Å². The van der Waals surface area contributed by atoms with Crippen molar-refractivity contribution in [3.05, 3.63) is 60.1 Å². The molecule has 0 aliphatic heterocycles. The predicted molar refractivity (Wildman–Crippen MR) is 91.9 cm³/mol. The summed E-state index contributed by atoms with van der Waals surface area (Å²) < 4.78 is 23.1. The normalized spacial score (nSPS) is 10.6. The molecule has 7 heteroatoms. The largest absolute Gasteiger partial charge is 0.493 e. The molecule has 2 aromatic carbocycles. The van der Waals surface area contributed by atoms with E-state index in [1.165, 1.54) is 44.7 Å². The maximum Gasteiger partial charge on any atom is 0.267 e. The molecule has 0 aliphatic rings. The summed E-state index contributed by atoms with van der Waals surface area (Å²) in [5.74, 6) is 0.00677. The van der Waals surface area contributed by atoms with E-state index >= 15 is 0 Å². The Balaban J connectivity index is 2.10. The lowest BCUT2D eigenvalue weighted by Gasteiger charge is -2.10. The Labute approximate surface area is 144 Å². The Morgan fingerprint density at radius 1 is 1.08 bits per heavy atom. The summed E-state index contributed by atoms with van der Waals surface area (Å²) in [4.78, 5) is 12.2. The number of benzene rings is 2. The van der Waals surface area contributed by atoms with Crippen molar-refractivity contribution in [2.24, 2.45) is 0 Å². The molecule has 2 rings (SSSR count). The second-order valence-electron chi connectivity index (χ2n) is 4.84. The highest BCUT2D eigenvalue weighted by molar-refractivity contribution is 6.06. The number of carbonyl (C=O) groups is 1. The lowest BCUT2D eigenvalue weighted by Crippen LogP contribution is -2.14. The van der Waals surface area contributed by atoms with Gasteiger partial charge in [0.05, 0.1) is 14.2 Å². The molecule has 0 aromatic heterocycles. The van der Waals surface area contributed by atoms with Crippen molar-refractivity contribution >= 4 is 17.3 Å². The number of hydrogen-bond acceptors (Lipinski definition) is 5. The highest BCUT2D eigenvalue weighted by atomic mass is 19.1. The van der Waals surface area contributed by atoms with Crippen LogP contribution in [0.4, 0.5) is 15.8 Å². The molecular weight excluding hydrogens is 325 g/mol. The fraction of sp³-hybridized carbons (Fsp3) is 0.111. The van der Waals surface area contributed by atoms with Gasteiger partial charge in [0.2, 0.25) is 0 Å². The molecule has 0 spiro atoms. The summed E-state index contributed by atoms with van der Waals surface area (Å²) in [6.45, 7) is 0. The molecule has 0 heterocycles. The number of nitriles is 1. The van der Waals surface area contributed by atoms with Crippen molar-refractivity contribution in [2.45, 2.75) is 0 Å². The highest BCUT2D eigenvalue weighted by Gasteiger charge is 2.11. The third kappa shape index (κ3) is 4.72. The minimum absolute atomic E-state index is 0.140. The number of amides is 1. The van der Waals surface area contributed by atoms with E-state index in [2.05, 4.69) is 10.6 Å². The van der Waals surface area contributed by atoms with Crippen LogP contribution in [-0.2, 0) is 4.79 Å². The highest BCUT2D eigenvalue weighted by Crippen LogP contribution is 2.29. The van der Waals surface area contributed by atoms with Crippen LogP contribution in [0, 0.1) is 17.1 Å². The van der Waals surface area contributed by atoms with Gasteiger partial charge in [-0.25, -0.2) is 4.39 Å². The third-order valence-corrected chi connectivity index (χ3v) is 3.23. The zero-order valence-electron chi connectivity index (χ0n) is 13.7. The number of hydrogen-bond donors (Lipinski definition) is 2. The molecule has 0 saturated heterocycles. The van der Waals surface area contributed by atoms with Gasteiger partial charge in [-0.15, -0.1) is 0 Å². The maximum absolute atomic E-state index is 12.9. The summed E-state index contributed by atoms with van der Waals surface area (Å²) in [6, 6.07) is 12.2. The van der Waals surface area contributed by atoms with Gasteiger partial charge in [0.1, 0.15) is 17.5 Å². The number of nitrogens with zero attached hydrogens (tertiary/aromatic N) is 1. The number of ether oxygens (including phenoxy) is 2. The van der Waals surface area contributed by atoms with Gasteiger partial charge in [0, 0.05) is 23.6 Å². The fourth-order valence-electron chi connectivity index (χ4n) is 1.96. The molecule has 0 fully saturated rings. The average Bonchev–Trinajstić information content (AvgIpc) is 2.63. The number of nitrogens with one attached hydrogen (secondary N) is 2. The van der Waals surface area contributed by atoms with E-state index < -0.39 is 5.91 Å². The predicted octanol–water partition coefficient (Wildman–Crippen LogP) is 3.30. The van der Waals surface area contributed by atoms with Crippen LogP contribution in [0.1, 0.15) is 0 Å². The second kappa shape index (κ2) is 8.36. The van der Waals surface area contributed by atoms with Gasteiger partial charge in [0.15, 0.2) is 11.5 Å². The van der Waals surface area contributed by atoms with Crippen molar-refractivity contribution in [1.82, 2.24) is 0 Å². The Bertz CT molecular complexity index is 826. The SMILES string of the molecule is COc1ccc(NC(=O)/C(C#N)=C\Nc2ccc(F)cc2)cc1OC. The summed E-state index contributed by atoms with van der Waals surface area (Å²) in [6.07, 6.45) is 1.25. The van der Waals surface area contributed by atoms with E-state index in [4.69, 9.17) is 14.7 Å². The number of methoxy groups -OCH3 is 2. The van der Waals surface area contributed by atoms with Gasteiger partial charge < -0.3 is 20.1 Å². The second-order valence-corrected chi connectivity index (χ2v) is 4.84. The van der Waals surface area contributed by atoms with Gasteiger partial charge in [-0.2, -0.15) is 5.26 Å². The zero-order chi connectivity index (χ0) is 18.2. The van der Waals surface area contributed by atoms with Crippen LogP contribution in [0.15, 0.2) is 54.2 Å². The van der Waals surface area contributed by atoms with E-state index in [0.29, 0.717) is 22.9 Å². The summed E-state index contributed by atoms with van der Waals surface area (Å²) in [5.41, 5.74) is 0.859. The summed E-state index contributed by atoms with van der Waals surface area (Å²) in [5, 5.41) is 14.5. The van der Waals surface area contributed by atoms with Crippen molar-refractivity contribution in [3.63, 3.8) is 0 Å². The molecule has 25 heavy (non-hydrogen) atoms. The van der Waals surface area contributed by atoms with Crippen LogP contribution in [0.2, 0.25) is 0 Å². The number of halogens is 1. The van der Waals surface area contributed by atoms with E-state index in [-0.39, 0.29) is 11.4 Å². The molecule has 0 unspecified atom stereocenters. The first-order chi connectivity index (χ1) is 12.1. The Hall–Kier alpha value is -3.53. The van der Waals surface area contributed by atoms with Crippen LogP contribution < -0.4 is 20.1 Å². The number of rotatable bonds is 6. The topological polar surface area (TPSA) is 83.4 Å². The average molecular weight is 341 g/mol. The molecule has 0 radical (unpaired) electrons. The van der Waals surface area contributed by atoms with Crippen molar-refractivity contribution in [3.8, 4) is 17.6 Å². The lowest BCUT2D eigenvalue weighted by molar-refractivity contribution is -0.112. The van der Waals surface area contributed by atoms with Crippen LogP contribution in [0.5, 0.6) is 11.5 Å². The Morgan fingerprint density at radius 3 is 2.32 bits per heavy atom. The van der Waals surface area contributed by atoms with E-state index in [9.17, 15) is 9.18 Å². The first kappa shape index (κ1) is 17.8. The van der Waals surface area contributed by atoms with E-state index in [1.807, 2.05) is 6.07 Å². The smallest absolute Gasteiger partial charge is 0.267 e. The van der Waals surface area contributed by atoms with Crippen LogP contribution in [-0.4, -0.2) is 20.1 Å². The molecule has 2 aromatic rings. The summed E-state index contributed by atoms with van der Waals surface area (Å²) >= 11 is 0. The van der Waals surface area contributed by atoms with Gasteiger partial charge in [0.25, 0.3) is 5.91 Å². The lowest BCUT2D eigenvalue weighted by atomic mass is 10.2. The van der Waals surface area contributed by atoms with E-state index in [0.717, 1.165) is 0 Å². The molecule has 0 atom stereocenters. The van der Waals surface area contributed by atoms with Crippen molar-refractivity contribution in [1.29, 1.82) is 5.26 Å². The van der Waals surface area contributed by atoms with E-state index in [1.54, 1.807) is 18.2 Å². The van der Waals surface area contributed by atoms with Crippen LogP contribution >= 0.6 is 0 Å². The minimum Gasteiger partial charge on any atom is -0.493 e. The van der Waals surface area contributed by atoms with Gasteiger partial charge in [-0.05, 0) is 36.4 Å².